The number of fused-ring (bicyclic) bond motifs is 3. The van der Waals surface area contributed by atoms with Gasteiger partial charge in [-0.1, -0.05) is 28.1 Å². The van der Waals surface area contributed by atoms with Crippen molar-refractivity contribution >= 4 is 15.9 Å². The largest absolute Gasteiger partial charge is 0.308 e. The zero-order chi connectivity index (χ0) is 11.7. The number of halogens is 1. The molecule has 3 aliphatic heterocycles. The van der Waals surface area contributed by atoms with Crippen LogP contribution in [0.25, 0.3) is 0 Å². The third kappa shape index (κ3) is 2.72. The van der Waals surface area contributed by atoms with E-state index in [1.807, 2.05) is 0 Å². The summed E-state index contributed by atoms with van der Waals surface area (Å²) in [6, 6.07) is 9.33. The van der Waals surface area contributed by atoms with E-state index in [9.17, 15) is 0 Å². The zero-order valence-corrected chi connectivity index (χ0v) is 11.6. The van der Waals surface area contributed by atoms with Crippen LogP contribution in [-0.2, 0) is 6.54 Å². The second-order valence-electron chi connectivity index (χ2n) is 5.25. The van der Waals surface area contributed by atoms with Crippen LogP contribution in [0.5, 0.6) is 0 Å². The molecule has 1 aromatic rings. The summed E-state index contributed by atoms with van der Waals surface area (Å²) < 4.78 is 1.16. The fraction of sp³-hybridized carbons (Fsp3) is 0.571. The minimum atomic E-state index is 0.709. The maximum atomic E-state index is 3.73. The van der Waals surface area contributed by atoms with Crippen LogP contribution in [-0.4, -0.2) is 30.6 Å². The first kappa shape index (κ1) is 11.7. The maximum Gasteiger partial charge on any atom is 0.0227 e. The van der Waals surface area contributed by atoms with E-state index in [4.69, 9.17) is 0 Å². The van der Waals surface area contributed by atoms with Crippen LogP contribution < -0.4 is 5.32 Å². The van der Waals surface area contributed by atoms with Gasteiger partial charge >= 0.3 is 0 Å². The molecule has 3 heteroatoms. The minimum absolute atomic E-state index is 0.709. The zero-order valence-electron chi connectivity index (χ0n) is 10.0. The van der Waals surface area contributed by atoms with E-state index in [1.165, 1.54) is 38.0 Å². The topological polar surface area (TPSA) is 15.3 Å². The third-order valence-corrected chi connectivity index (χ3v) is 4.67. The van der Waals surface area contributed by atoms with E-state index in [0.29, 0.717) is 6.04 Å². The van der Waals surface area contributed by atoms with Crippen molar-refractivity contribution in [1.82, 2.24) is 10.2 Å². The Labute approximate surface area is 112 Å². The molecule has 3 heterocycles. The summed E-state index contributed by atoms with van der Waals surface area (Å²) in [5, 5.41) is 3.73. The second-order valence-corrected chi connectivity index (χ2v) is 6.17. The van der Waals surface area contributed by atoms with Gasteiger partial charge < -0.3 is 10.2 Å². The van der Waals surface area contributed by atoms with Gasteiger partial charge in [-0.05, 0) is 49.5 Å². The molecule has 3 aliphatic rings. The number of rotatable bonds is 3. The van der Waals surface area contributed by atoms with Crippen LogP contribution in [0.15, 0.2) is 28.7 Å². The highest BCUT2D eigenvalue weighted by atomic mass is 79.9. The highest BCUT2D eigenvalue weighted by Gasteiger charge is 2.33. The monoisotopic (exact) mass is 294 g/mol. The number of piperidine rings is 3. The van der Waals surface area contributed by atoms with Crippen LogP contribution in [0.2, 0.25) is 0 Å². The first-order valence-corrected chi connectivity index (χ1v) is 7.31. The van der Waals surface area contributed by atoms with Gasteiger partial charge in [0.05, 0.1) is 0 Å². The molecular formula is C14H19BrN2. The molecule has 2 nitrogen and oxygen atoms in total. The van der Waals surface area contributed by atoms with Crippen molar-refractivity contribution in [3.05, 3.63) is 34.3 Å². The molecule has 1 atom stereocenters. The van der Waals surface area contributed by atoms with Gasteiger partial charge in [0.1, 0.15) is 0 Å². The van der Waals surface area contributed by atoms with E-state index < -0.39 is 0 Å². The van der Waals surface area contributed by atoms with E-state index in [-0.39, 0.29) is 0 Å². The van der Waals surface area contributed by atoms with Crippen LogP contribution in [0.3, 0.4) is 0 Å². The van der Waals surface area contributed by atoms with Crippen LogP contribution in [0, 0.1) is 5.92 Å². The van der Waals surface area contributed by atoms with Gasteiger partial charge in [-0.3, -0.25) is 0 Å². The fourth-order valence-corrected chi connectivity index (χ4v) is 3.31. The molecule has 2 bridgehead atoms. The molecule has 1 N–H and O–H groups in total. The number of nitrogens with one attached hydrogen (secondary N) is 1. The Morgan fingerprint density at radius 3 is 2.47 bits per heavy atom. The highest BCUT2D eigenvalue weighted by Crippen LogP contribution is 2.27. The molecule has 1 unspecified atom stereocenters. The normalized spacial score (nSPS) is 31.7. The van der Waals surface area contributed by atoms with E-state index in [2.05, 4.69) is 50.4 Å². The molecule has 0 amide bonds. The first-order valence-electron chi connectivity index (χ1n) is 6.51. The van der Waals surface area contributed by atoms with Crippen molar-refractivity contribution in [1.29, 1.82) is 0 Å². The van der Waals surface area contributed by atoms with Crippen LogP contribution in [0.4, 0.5) is 0 Å². The lowest BCUT2D eigenvalue weighted by Crippen LogP contribution is -2.55. The Balaban J connectivity index is 1.56. The predicted octanol–water partition coefficient (Wildman–Crippen LogP) is 2.63. The summed E-state index contributed by atoms with van der Waals surface area (Å²) in [6.07, 6.45) is 2.77. The molecule has 17 heavy (non-hydrogen) atoms. The smallest absolute Gasteiger partial charge is 0.0227 e. The number of benzene rings is 1. The van der Waals surface area contributed by atoms with Gasteiger partial charge in [0.25, 0.3) is 0 Å². The van der Waals surface area contributed by atoms with Crippen molar-refractivity contribution in [3.8, 4) is 0 Å². The van der Waals surface area contributed by atoms with Gasteiger partial charge in [-0.2, -0.15) is 0 Å². The fourth-order valence-electron chi connectivity index (χ4n) is 3.05. The van der Waals surface area contributed by atoms with Crippen molar-refractivity contribution in [2.45, 2.75) is 25.4 Å². The molecule has 0 radical (unpaired) electrons. The maximum absolute atomic E-state index is 3.73. The average Bonchev–Trinajstić information content (AvgIpc) is 2.39. The molecule has 3 fully saturated rings. The average molecular weight is 295 g/mol. The Kier molecular flexibility index (Phi) is 3.50. The summed E-state index contributed by atoms with van der Waals surface area (Å²) in [5.74, 6) is 0.912. The van der Waals surface area contributed by atoms with E-state index in [0.717, 1.165) is 16.9 Å². The quantitative estimate of drug-likeness (QED) is 0.922. The summed E-state index contributed by atoms with van der Waals surface area (Å²) >= 11 is 3.47. The summed E-state index contributed by atoms with van der Waals surface area (Å²) in [6.45, 7) is 4.89. The minimum Gasteiger partial charge on any atom is -0.308 e. The molecule has 3 saturated heterocycles. The van der Waals surface area contributed by atoms with Crippen molar-refractivity contribution in [3.63, 3.8) is 0 Å². The van der Waals surface area contributed by atoms with E-state index >= 15 is 0 Å². The molecule has 0 saturated carbocycles. The van der Waals surface area contributed by atoms with Crippen LogP contribution in [0.1, 0.15) is 18.4 Å². The van der Waals surface area contributed by atoms with Crippen LogP contribution >= 0.6 is 15.9 Å². The Morgan fingerprint density at radius 1 is 1.18 bits per heavy atom. The molecule has 1 aromatic carbocycles. The van der Waals surface area contributed by atoms with Gasteiger partial charge in [-0.25, -0.2) is 0 Å². The summed E-state index contributed by atoms with van der Waals surface area (Å²) in [4.78, 5) is 2.60. The molecule has 0 aromatic heterocycles. The molecule has 0 aliphatic carbocycles. The molecule has 0 spiro atoms. The SMILES string of the molecule is Brc1ccc(CNC2CN3CCC2CC3)cc1. The Morgan fingerprint density at radius 2 is 1.88 bits per heavy atom. The van der Waals surface area contributed by atoms with Crippen molar-refractivity contribution < 1.29 is 0 Å². The van der Waals surface area contributed by atoms with Gasteiger partial charge in [0, 0.05) is 23.6 Å². The van der Waals surface area contributed by atoms with Gasteiger partial charge in [0.15, 0.2) is 0 Å². The number of hydrogen-bond acceptors (Lipinski definition) is 2. The van der Waals surface area contributed by atoms with Gasteiger partial charge in [0.2, 0.25) is 0 Å². The highest BCUT2D eigenvalue weighted by molar-refractivity contribution is 9.10. The third-order valence-electron chi connectivity index (χ3n) is 4.14. The Bertz CT molecular complexity index is 368. The standard InChI is InChI=1S/C14H19BrN2/c15-13-3-1-11(2-4-13)9-16-14-10-17-7-5-12(14)6-8-17/h1-4,12,14,16H,5-10H2. The van der Waals surface area contributed by atoms with Crippen molar-refractivity contribution in [2.75, 3.05) is 19.6 Å². The predicted molar refractivity (Wildman–Crippen MR) is 73.9 cm³/mol. The number of nitrogens with zero attached hydrogens (tertiary/aromatic N) is 1. The van der Waals surface area contributed by atoms with E-state index in [1.54, 1.807) is 0 Å². The Hall–Kier alpha value is -0.380. The second kappa shape index (κ2) is 5.09. The lowest BCUT2D eigenvalue weighted by Gasteiger charge is -2.45. The molecule has 4 rings (SSSR count). The summed E-state index contributed by atoms with van der Waals surface area (Å²) in [5.41, 5.74) is 1.38. The van der Waals surface area contributed by atoms with Gasteiger partial charge in [-0.15, -0.1) is 0 Å². The lowest BCUT2D eigenvalue weighted by atomic mass is 9.84. The first-order chi connectivity index (χ1) is 8.31. The number of hydrogen-bond donors (Lipinski definition) is 1. The molecular weight excluding hydrogens is 276 g/mol. The van der Waals surface area contributed by atoms with Crippen molar-refractivity contribution in [2.24, 2.45) is 5.92 Å². The molecule has 92 valence electrons. The lowest BCUT2D eigenvalue weighted by molar-refractivity contribution is 0.0720. The summed E-state index contributed by atoms with van der Waals surface area (Å²) in [7, 11) is 0.